The minimum Gasteiger partial charge on any atom is -0.462 e. The van der Waals surface area contributed by atoms with Crippen LogP contribution < -0.4 is 0 Å². The first-order valence-electron chi connectivity index (χ1n) is 43.5. The summed E-state index contributed by atoms with van der Waals surface area (Å²) in [6, 6.07) is 0. The van der Waals surface area contributed by atoms with Gasteiger partial charge in [0.15, 0.2) is 12.2 Å². The van der Waals surface area contributed by atoms with Gasteiger partial charge in [0.2, 0.25) is 0 Å². The van der Waals surface area contributed by atoms with Crippen LogP contribution in [0.1, 0.15) is 446 Å². The highest BCUT2D eigenvalue weighted by Gasteiger charge is 2.30. The summed E-state index contributed by atoms with van der Waals surface area (Å²) in [5, 5.41) is 10.7. The fraction of sp³-hybridized carbons (Fsp3) is 0.952. The van der Waals surface area contributed by atoms with Crippen molar-refractivity contribution in [2.75, 3.05) is 39.6 Å². The van der Waals surface area contributed by atoms with Crippen molar-refractivity contribution in [1.82, 2.24) is 0 Å². The lowest BCUT2D eigenvalue weighted by Gasteiger charge is -2.21. The van der Waals surface area contributed by atoms with E-state index < -0.39 is 97.5 Å². The van der Waals surface area contributed by atoms with E-state index in [0.717, 1.165) is 102 Å². The van der Waals surface area contributed by atoms with Gasteiger partial charge in [-0.2, -0.15) is 0 Å². The molecule has 0 aromatic carbocycles. The van der Waals surface area contributed by atoms with Crippen molar-refractivity contribution in [3.05, 3.63) is 0 Å². The lowest BCUT2D eigenvalue weighted by atomic mass is 9.99. The maximum absolute atomic E-state index is 13.1. The fourth-order valence-electron chi connectivity index (χ4n) is 13.0. The van der Waals surface area contributed by atoms with Gasteiger partial charge in [0.25, 0.3) is 0 Å². The molecule has 0 rings (SSSR count). The molecular weight excluding hydrogens is 1340 g/mol. The molecule has 3 N–H and O–H groups in total. The predicted molar refractivity (Wildman–Crippen MR) is 423 cm³/mol. The van der Waals surface area contributed by atoms with Gasteiger partial charge in [-0.25, -0.2) is 9.13 Å². The molecule has 0 bridgehead atoms. The highest BCUT2D eigenvalue weighted by atomic mass is 31.2. The highest BCUT2D eigenvalue weighted by Crippen LogP contribution is 2.45. The lowest BCUT2D eigenvalue weighted by Crippen LogP contribution is -2.30. The fourth-order valence-corrected chi connectivity index (χ4v) is 14.6. The number of carbonyl (C=O) groups is 4. The Balaban J connectivity index is 5.26. The van der Waals surface area contributed by atoms with Gasteiger partial charge in [0, 0.05) is 25.7 Å². The van der Waals surface area contributed by atoms with Gasteiger partial charge in [-0.1, -0.05) is 395 Å². The van der Waals surface area contributed by atoms with Crippen LogP contribution in [0, 0.1) is 11.8 Å². The number of esters is 4. The zero-order chi connectivity index (χ0) is 75.6. The summed E-state index contributed by atoms with van der Waals surface area (Å²) in [6.07, 6.45) is 66.5. The first-order valence-corrected chi connectivity index (χ1v) is 46.5. The van der Waals surface area contributed by atoms with Gasteiger partial charge < -0.3 is 33.8 Å². The van der Waals surface area contributed by atoms with Crippen LogP contribution in [0.2, 0.25) is 0 Å². The molecule has 3 unspecified atom stereocenters. The number of carbonyl (C=O) groups excluding carboxylic acids is 4. The Bertz CT molecular complexity index is 1980. The maximum atomic E-state index is 13.1. The van der Waals surface area contributed by atoms with Crippen molar-refractivity contribution in [2.45, 2.75) is 464 Å². The van der Waals surface area contributed by atoms with Crippen molar-refractivity contribution < 1.29 is 80.2 Å². The van der Waals surface area contributed by atoms with Crippen molar-refractivity contribution in [3.8, 4) is 0 Å². The molecule has 0 heterocycles. The summed E-state index contributed by atoms with van der Waals surface area (Å²) < 4.78 is 68.9. The Morgan fingerprint density at radius 2 is 0.495 bits per heavy atom. The van der Waals surface area contributed by atoms with Gasteiger partial charge in [-0.3, -0.25) is 37.3 Å². The standard InChI is InChI=1S/C84H164O17P2/c1-7-10-12-14-16-18-20-22-24-25-30-33-37-41-48-54-60-66-81(86)94-72-79(100-83(88)69-63-57-51-43-39-35-31-27-26-29-32-36-40-46-52-58-64-76(4)5)74-98-102(90,91)96-70-78(85)71-97-103(92,93)99-75-80(73-95-82(87)67-61-55-49-45-44-47-53-59-65-77(6)9-3)101-84(89)68-62-56-50-42-38-34-28-23-21-19-17-15-13-11-8-2/h76-80,85H,7-75H2,1-6H3,(H,90,91)(H,92,93)/t77?,78-,79-,80-/m1/s1. The molecule has 612 valence electrons. The molecule has 0 aromatic heterocycles. The van der Waals surface area contributed by atoms with Gasteiger partial charge in [0.1, 0.15) is 19.3 Å². The molecule has 0 saturated carbocycles. The molecule has 103 heavy (non-hydrogen) atoms. The van der Waals surface area contributed by atoms with E-state index in [1.807, 2.05) is 0 Å². The van der Waals surface area contributed by atoms with E-state index in [2.05, 4.69) is 41.5 Å². The Hall–Kier alpha value is -1.94. The number of phosphoric ester groups is 2. The predicted octanol–water partition coefficient (Wildman–Crippen LogP) is 25.5. The zero-order valence-corrected chi connectivity index (χ0v) is 69.4. The minimum absolute atomic E-state index is 0.108. The van der Waals surface area contributed by atoms with Crippen molar-refractivity contribution in [3.63, 3.8) is 0 Å². The monoisotopic (exact) mass is 1510 g/mol. The number of ether oxygens (including phenoxy) is 4. The molecule has 0 aliphatic heterocycles. The van der Waals surface area contributed by atoms with Gasteiger partial charge in [-0.05, 0) is 37.5 Å². The van der Waals surface area contributed by atoms with Gasteiger partial charge in [0.05, 0.1) is 26.4 Å². The molecule has 17 nitrogen and oxygen atoms in total. The second-order valence-electron chi connectivity index (χ2n) is 30.9. The smallest absolute Gasteiger partial charge is 0.462 e. The van der Waals surface area contributed by atoms with Crippen LogP contribution >= 0.6 is 15.6 Å². The molecule has 19 heteroatoms. The summed E-state index contributed by atoms with van der Waals surface area (Å²) >= 11 is 0. The Morgan fingerprint density at radius 3 is 0.738 bits per heavy atom. The summed E-state index contributed by atoms with van der Waals surface area (Å²) in [4.78, 5) is 73.2. The molecule has 6 atom stereocenters. The number of hydrogen-bond acceptors (Lipinski definition) is 15. The van der Waals surface area contributed by atoms with Gasteiger partial charge in [-0.15, -0.1) is 0 Å². The Labute approximate surface area is 632 Å². The number of unbranched alkanes of at least 4 members (excludes halogenated alkanes) is 52. The second kappa shape index (κ2) is 75.5. The van der Waals surface area contributed by atoms with Crippen molar-refractivity contribution >= 4 is 39.5 Å². The minimum atomic E-state index is -4.96. The number of hydrogen-bond donors (Lipinski definition) is 3. The first kappa shape index (κ1) is 101. The highest BCUT2D eigenvalue weighted by molar-refractivity contribution is 7.47. The molecule has 0 aliphatic rings. The van der Waals surface area contributed by atoms with Crippen LogP contribution in [0.5, 0.6) is 0 Å². The number of aliphatic hydroxyl groups is 1. The third kappa shape index (κ3) is 76.6. The average molecular weight is 1510 g/mol. The number of aliphatic hydroxyl groups excluding tert-OH is 1. The van der Waals surface area contributed by atoms with E-state index in [0.29, 0.717) is 25.7 Å². The summed E-state index contributed by atoms with van der Waals surface area (Å²) in [5.41, 5.74) is 0. The van der Waals surface area contributed by atoms with Crippen molar-refractivity contribution in [1.29, 1.82) is 0 Å². The molecule has 0 spiro atoms. The van der Waals surface area contributed by atoms with Crippen LogP contribution in [0.4, 0.5) is 0 Å². The normalized spacial score (nSPS) is 14.1. The number of rotatable bonds is 83. The van der Waals surface area contributed by atoms with Gasteiger partial charge >= 0.3 is 39.5 Å². The van der Waals surface area contributed by atoms with Crippen LogP contribution in [0.15, 0.2) is 0 Å². The molecular formula is C84H164O17P2. The van der Waals surface area contributed by atoms with E-state index in [4.69, 9.17) is 37.0 Å². The molecule has 0 fully saturated rings. The second-order valence-corrected chi connectivity index (χ2v) is 33.8. The molecule has 0 aromatic rings. The molecule has 0 aliphatic carbocycles. The SMILES string of the molecule is CCCCCCCCCCCCCCCCCCCC(=O)OC[C@H](COP(=O)(O)OC[C@@H](O)COP(=O)(O)OC[C@@H](COC(=O)CCCCCCCCCCC(C)CC)OC(=O)CCCCCCCCCCCCCCCCC)OC(=O)CCCCCCCCCCCCCCCCCCC(C)C. The lowest BCUT2D eigenvalue weighted by molar-refractivity contribution is -0.161. The topological polar surface area (TPSA) is 237 Å². The van der Waals surface area contributed by atoms with E-state index in [1.54, 1.807) is 0 Å². The molecule has 0 radical (unpaired) electrons. The third-order valence-corrected chi connectivity index (χ3v) is 22.0. The average Bonchev–Trinajstić information content (AvgIpc) is 0.906. The Kier molecular flexibility index (Phi) is 74.1. The van der Waals surface area contributed by atoms with E-state index >= 15 is 0 Å². The molecule has 0 saturated heterocycles. The van der Waals surface area contributed by atoms with Crippen molar-refractivity contribution in [2.24, 2.45) is 11.8 Å². The van der Waals surface area contributed by atoms with E-state index in [-0.39, 0.29) is 25.7 Å². The largest absolute Gasteiger partial charge is 0.472 e. The van der Waals surface area contributed by atoms with Crippen LogP contribution in [0.25, 0.3) is 0 Å². The van der Waals surface area contributed by atoms with E-state index in [9.17, 15) is 43.2 Å². The van der Waals surface area contributed by atoms with E-state index in [1.165, 1.54) is 263 Å². The molecule has 0 amide bonds. The summed E-state index contributed by atoms with van der Waals surface area (Å²) in [5.74, 6) is -0.516. The maximum Gasteiger partial charge on any atom is 0.472 e. The summed E-state index contributed by atoms with van der Waals surface area (Å²) in [6.45, 7) is 9.70. The zero-order valence-electron chi connectivity index (χ0n) is 67.6. The van der Waals surface area contributed by atoms with Crippen LogP contribution in [-0.2, 0) is 65.4 Å². The third-order valence-electron chi connectivity index (χ3n) is 20.1. The Morgan fingerprint density at radius 1 is 0.282 bits per heavy atom. The van der Waals surface area contributed by atoms with Crippen LogP contribution in [-0.4, -0.2) is 96.7 Å². The quantitative estimate of drug-likeness (QED) is 0.0222. The summed E-state index contributed by atoms with van der Waals surface area (Å²) in [7, 11) is -9.93. The first-order chi connectivity index (χ1) is 49.9. The number of phosphoric acid groups is 2. The van der Waals surface area contributed by atoms with Crippen LogP contribution in [0.3, 0.4) is 0 Å².